The van der Waals surface area contributed by atoms with E-state index in [0.29, 0.717) is 15.2 Å². The summed E-state index contributed by atoms with van der Waals surface area (Å²) in [5.74, 6) is -4.18. The van der Waals surface area contributed by atoms with Crippen molar-refractivity contribution in [3.8, 4) is 0 Å². The molecule has 33 heavy (non-hydrogen) atoms. The third-order valence-electron chi connectivity index (χ3n) is 3.81. The smallest absolute Gasteiger partial charge is 0.355 e. The van der Waals surface area contributed by atoms with Crippen LogP contribution in [-0.4, -0.2) is 59.4 Å². The van der Waals surface area contributed by atoms with E-state index in [-0.39, 0.29) is 32.0 Å². The summed E-state index contributed by atoms with van der Waals surface area (Å²) in [5, 5.41) is 0. The van der Waals surface area contributed by atoms with Crippen molar-refractivity contribution in [1.29, 1.82) is 0 Å². The maximum atomic E-state index is 13.2. The summed E-state index contributed by atoms with van der Waals surface area (Å²) in [6, 6.07) is 0. The summed E-state index contributed by atoms with van der Waals surface area (Å²) in [4.78, 5) is 75.0. The summed E-state index contributed by atoms with van der Waals surface area (Å²) < 4.78 is 20.3. The van der Waals surface area contributed by atoms with Crippen LogP contribution in [0.1, 0.15) is 33.3 Å². The van der Waals surface area contributed by atoms with Gasteiger partial charge in [0.25, 0.3) is 5.56 Å². The number of rotatable bonds is 10. The van der Waals surface area contributed by atoms with Crippen molar-refractivity contribution in [2.75, 3.05) is 26.4 Å². The van der Waals surface area contributed by atoms with Crippen LogP contribution in [0.25, 0.3) is 11.4 Å². The molecule has 12 nitrogen and oxygen atoms in total. The number of aromatic nitrogens is 2. The van der Waals surface area contributed by atoms with Crippen LogP contribution < -0.4 is 11.2 Å². The molecule has 0 aliphatic rings. The van der Waals surface area contributed by atoms with Crippen LogP contribution >= 0.6 is 0 Å². The molecule has 1 heterocycles. The Labute approximate surface area is 189 Å². The highest BCUT2D eigenvalue weighted by molar-refractivity contribution is 6.16. The fraction of sp³-hybridized carbons (Fsp3) is 0.429. The minimum atomic E-state index is -1.24. The van der Waals surface area contributed by atoms with Crippen LogP contribution in [0, 0.1) is 6.92 Å². The van der Waals surface area contributed by atoms with Gasteiger partial charge in [-0.2, -0.15) is 0 Å². The third-order valence-corrected chi connectivity index (χ3v) is 3.81. The number of esters is 4. The molecule has 12 heteroatoms. The molecule has 0 aromatic carbocycles. The number of hydrogen-bond donors (Lipinski definition) is 0. The van der Waals surface area contributed by atoms with E-state index in [4.69, 9.17) is 18.9 Å². The van der Waals surface area contributed by atoms with E-state index in [0.717, 1.165) is 12.3 Å². The van der Waals surface area contributed by atoms with E-state index in [2.05, 4.69) is 0 Å². The highest BCUT2D eigenvalue weighted by atomic mass is 16.5. The average molecular weight is 466 g/mol. The van der Waals surface area contributed by atoms with Crippen LogP contribution in [0.3, 0.4) is 0 Å². The van der Waals surface area contributed by atoms with Gasteiger partial charge in [-0.25, -0.2) is 28.5 Å². The number of carbonyl (C=O) groups excluding carboxylic acids is 4. The van der Waals surface area contributed by atoms with Crippen LogP contribution in [0.4, 0.5) is 0 Å². The molecule has 0 spiro atoms. The zero-order valence-electron chi connectivity index (χ0n) is 19.0. The van der Waals surface area contributed by atoms with Crippen molar-refractivity contribution in [3.63, 3.8) is 0 Å². The number of aryl methyl sites for hydroxylation is 1. The molecule has 0 radical (unpaired) electrons. The lowest BCUT2D eigenvalue weighted by molar-refractivity contribution is -0.139. The summed E-state index contributed by atoms with van der Waals surface area (Å²) >= 11 is 0. The maximum Gasteiger partial charge on any atom is 0.355 e. The molecule has 0 saturated heterocycles. The van der Waals surface area contributed by atoms with Gasteiger partial charge < -0.3 is 18.9 Å². The Kier molecular flexibility index (Phi) is 10.5. The topological polar surface area (TPSA) is 149 Å². The quantitative estimate of drug-likeness (QED) is 0.267. The monoisotopic (exact) mass is 466 g/mol. The molecule has 0 unspecified atom stereocenters. The number of carbonyl (C=O) groups is 4. The lowest BCUT2D eigenvalue weighted by atomic mass is 10.3. The summed E-state index contributed by atoms with van der Waals surface area (Å²) in [6.45, 7) is 7.12. The predicted molar refractivity (Wildman–Crippen MR) is 115 cm³/mol. The lowest BCUT2D eigenvalue weighted by Gasteiger charge is -2.15. The Hall–Kier alpha value is -3.96. The number of nitrogens with zero attached hydrogens (tertiary/aromatic N) is 2. The van der Waals surface area contributed by atoms with Crippen LogP contribution in [0.5, 0.6) is 0 Å². The van der Waals surface area contributed by atoms with E-state index in [1.165, 1.54) is 34.6 Å². The summed E-state index contributed by atoms with van der Waals surface area (Å²) in [5.41, 5.74) is -3.61. The van der Waals surface area contributed by atoms with Crippen LogP contribution in [0.2, 0.25) is 0 Å². The molecule has 180 valence electrons. The molecular formula is C21H26N2O10. The maximum absolute atomic E-state index is 13.2. The van der Waals surface area contributed by atoms with E-state index in [9.17, 15) is 28.8 Å². The summed E-state index contributed by atoms with van der Waals surface area (Å²) in [7, 11) is 0. The molecule has 0 fully saturated rings. The molecule has 0 aliphatic heterocycles. The first kappa shape index (κ1) is 27.1. The van der Waals surface area contributed by atoms with Gasteiger partial charge in [-0.05, 0) is 34.6 Å². The zero-order chi connectivity index (χ0) is 25.1. The SMILES string of the molecule is CCOC(=O)/C=C(/C(=O)OCC)n1cc(C)c(=O)n(/C(=C/C(=O)OCC)C(=O)OCC)c1=O. The average Bonchev–Trinajstić information content (AvgIpc) is 2.75. The molecular weight excluding hydrogens is 440 g/mol. The van der Waals surface area contributed by atoms with Gasteiger partial charge in [0.1, 0.15) is 11.4 Å². The first-order chi connectivity index (χ1) is 15.6. The number of ether oxygens (including phenoxy) is 4. The normalized spacial score (nSPS) is 11.5. The second kappa shape index (κ2) is 12.8. The van der Waals surface area contributed by atoms with Crippen molar-refractivity contribution in [2.24, 2.45) is 0 Å². The fourth-order valence-electron chi connectivity index (χ4n) is 2.50. The Balaban J connectivity index is 3.95. The van der Waals surface area contributed by atoms with E-state index in [1.807, 2.05) is 0 Å². The van der Waals surface area contributed by atoms with Crippen LogP contribution in [0.15, 0.2) is 27.9 Å². The second-order valence-electron chi connectivity index (χ2n) is 6.11. The molecule has 1 aromatic rings. The third kappa shape index (κ3) is 7.02. The molecule has 1 rings (SSSR count). The van der Waals surface area contributed by atoms with Crippen molar-refractivity contribution >= 4 is 35.3 Å². The zero-order valence-corrected chi connectivity index (χ0v) is 19.0. The van der Waals surface area contributed by atoms with E-state index < -0.39 is 46.5 Å². The van der Waals surface area contributed by atoms with Crippen molar-refractivity contribution in [3.05, 3.63) is 44.8 Å². The van der Waals surface area contributed by atoms with Gasteiger partial charge in [-0.3, -0.25) is 9.36 Å². The molecule has 0 atom stereocenters. The fourth-order valence-corrected chi connectivity index (χ4v) is 2.50. The van der Waals surface area contributed by atoms with Crippen LogP contribution in [-0.2, 0) is 38.1 Å². The highest BCUT2D eigenvalue weighted by Gasteiger charge is 2.25. The van der Waals surface area contributed by atoms with Gasteiger partial charge >= 0.3 is 29.6 Å². The predicted octanol–water partition coefficient (Wildman–Crippen LogP) is 0.253. The van der Waals surface area contributed by atoms with Crippen molar-refractivity contribution < 1.29 is 38.1 Å². The van der Waals surface area contributed by atoms with Crippen molar-refractivity contribution in [2.45, 2.75) is 34.6 Å². The van der Waals surface area contributed by atoms with Gasteiger partial charge in [-0.15, -0.1) is 0 Å². The minimum Gasteiger partial charge on any atom is -0.463 e. The second-order valence-corrected chi connectivity index (χ2v) is 6.11. The Morgan fingerprint density at radius 3 is 1.64 bits per heavy atom. The van der Waals surface area contributed by atoms with Gasteiger partial charge in [0, 0.05) is 11.8 Å². The Morgan fingerprint density at radius 1 is 0.758 bits per heavy atom. The Morgan fingerprint density at radius 2 is 1.18 bits per heavy atom. The molecule has 0 saturated carbocycles. The summed E-state index contributed by atoms with van der Waals surface area (Å²) in [6.07, 6.45) is 2.35. The van der Waals surface area contributed by atoms with Gasteiger partial charge in [0.2, 0.25) is 0 Å². The van der Waals surface area contributed by atoms with Gasteiger partial charge in [0.05, 0.1) is 38.6 Å². The largest absolute Gasteiger partial charge is 0.463 e. The highest BCUT2D eigenvalue weighted by Crippen LogP contribution is 2.09. The van der Waals surface area contributed by atoms with Gasteiger partial charge in [-0.1, -0.05) is 0 Å². The van der Waals surface area contributed by atoms with E-state index in [1.54, 1.807) is 0 Å². The molecule has 0 N–H and O–H groups in total. The first-order valence-corrected chi connectivity index (χ1v) is 10.1. The molecule has 0 bridgehead atoms. The minimum absolute atomic E-state index is 0.00581. The molecule has 0 amide bonds. The first-order valence-electron chi connectivity index (χ1n) is 10.1. The van der Waals surface area contributed by atoms with E-state index >= 15 is 0 Å². The standard InChI is InChI=1S/C21H26N2O10/c1-6-30-16(24)10-14(19(27)32-8-3)22-12-13(5)18(26)23(21(22)29)15(20(28)33-9-4)11-17(25)31-7-2/h10-12H,6-9H2,1-5H3/b14-10-,15-11+. The number of hydrogen-bond acceptors (Lipinski definition) is 10. The molecule has 1 aromatic heterocycles. The van der Waals surface area contributed by atoms with Crippen molar-refractivity contribution in [1.82, 2.24) is 9.13 Å². The molecule has 0 aliphatic carbocycles. The Bertz CT molecular complexity index is 1090. The van der Waals surface area contributed by atoms with Gasteiger partial charge in [0.15, 0.2) is 0 Å². The lowest BCUT2D eigenvalue weighted by Crippen LogP contribution is -2.43.